The molecule has 0 spiro atoms. The Balaban J connectivity index is 1.84. The van der Waals surface area contributed by atoms with Crippen LogP contribution in [0.5, 0.6) is 0 Å². The highest BCUT2D eigenvalue weighted by atomic mass is 16.2. The first-order valence-corrected chi connectivity index (χ1v) is 8.32. The summed E-state index contributed by atoms with van der Waals surface area (Å²) in [5.41, 5.74) is 2.52. The SMILES string of the molecule is CCCC1NC(c2ccccc2C)N(CC2CCC2)C1=O. The maximum atomic E-state index is 12.7. The number of amides is 1. The molecule has 1 saturated heterocycles. The zero-order valence-corrected chi connectivity index (χ0v) is 13.1. The van der Waals surface area contributed by atoms with E-state index in [4.69, 9.17) is 0 Å². The van der Waals surface area contributed by atoms with Gasteiger partial charge in [0.15, 0.2) is 0 Å². The minimum atomic E-state index is -0.000294. The van der Waals surface area contributed by atoms with Crippen molar-refractivity contribution >= 4 is 5.91 Å². The molecule has 0 radical (unpaired) electrons. The van der Waals surface area contributed by atoms with E-state index >= 15 is 0 Å². The summed E-state index contributed by atoms with van der Waals surface area (Å²) in [6.07, 6.45) is 5.93. The van der Waals surface area contributed by atoms with Crippen molar-refractivity contribution in [3.05, 3.63) is 35.4 Å². The third kappa shape index (κ3) is 2.84. The number of hydrogen-bond acceptors (Lipinski definition) is 2. The van der Waals surface area contributed by atoms with E-state index in [1.54, 1.807) is 0 Å². The predicted molar refractivity (Wildman–Crippen MR) is 84.8 cm³/mol. The standard InChI is InChI=1S/C18H26N2O/c1-3-7-16-18(21)20(12-14-9-6-10-14)17(19-16)15-11-5-4-8-13(15)2/h4-5,8,11,14,16-17,19H,3,6-7,9-10,12H2,1-2H3. The van der Waals surface area contributed by atoms with Crippen LogP contribution in [0, 0.1) is 12.8 Å². The van der Waals surface area contributed by atoms with Crippen LogP contribution >= 0.6 is 0 Å². The van der Waals surface area contributed by atoms with Crippen molar-refractivity contribution < 1.29 is 4.79 Å². The van der Waals surface area contributed by atoms with Crippen molar-refractivity contribution in [3.8, 4) is 0 Å². The van der Waals surface area contributed by atoms with Gasteiger partial charge in [-0.15, -0.1) is 0 Å². The van der Waals surface area contributed by atoms with E-state index in [0.29, 0.717) is 11.8 Å². The number of carbonyl (C=O) groups excluding carboxylic acids is 1. The maximum Gasteiger partial charge on any atom is 0.241 e. The molecule has 2 atom stereocenters. The van der Waals surface area contributed by atoms with Crippen LogP contribution < -0.4 is 5.32 Å². The fourth-order valence-electron chi connectivity index (χ4n) is 3.47. The van der Waals surface area contributed by atoms with Gasteiger partial charge < -0.3 is 4.90 Å². The molecule has 1 aromatic rings. The second-order valence-corrected chi connectivity index (χ2v) is 6.55. The summed E-state index contributed by atoms with van der Waals surface area (Å²) >= 11 is 0. The zero-order chi connectivity index (χ0) is 14.8. The first-order chi connectivity index (χ1) is 10.2. The molecule has 3 nitrogen and oxygen atoms in total. The molecule has 1 aromatic carbocycles. The average Bonchev–Trinajstić information content (AvgIpc) is 2.72. The lowest BCUT2D eigenvalue weighted by molar-refractivity contribution is -0.131. The minimum absolute atomic E-state index is 0.000294. The molecule has 1 heterocycles. The van der Waals surface area contributed by atoms with Gasteiger partial charge in [0.05, 0.1) is 6.04 Å². The normalized spacial score (nSPS) is 26.2. The fraction of sp³-hybridized carbons (Fsp3) is 0.611. The highest BCUT2D eigenvalue weighted by Gasteiger charge is 2.40. The molecule has 1 amide bonds. The Morgan fingerprint density at radius 1 is 1.29 bits per heavy atom. The van der Waals surface area contributed by atoms with Crippen LogP contribution in [-0.4, -0.2) is 23.4 Å². The Kier molecular flexibility index (Phi) is 4.29. The number of aryl methyl sites for hydroxylation is 1. The summed E-state index contributed by atoms with van der Waals surface area (Å²) < 4.78 is 0. The number of carbonyl (C=O) groups is 1. The van der Waals surface area contributed by atoms with Gasteiger partial charge in [-0.05, 0) is 43.2 Å². The van der Waals surface area contributed by atoms with Crippen LogP contribution in [0.15, 0.2) is 24.3 Å². The van der Waals surface area contributed by atoms with Crippen molar-refractivity contribution in [1.29, 1.82) is 0 Å². The number of nitrogens with one attached hydrogen (secondary N) is 1. The number of benzene rings is 1. The van der Waals surface area contributed by atoms with E-state index in [1.807, 2.05) is 0 Å². The largest absolute Gasteiger partial charge is 0.321 e. The van der Waals surface area contributed by atoms with Gasteiger partial charge in [0.25, 0.3) is 0 Å². The molecule has 3 heteroatoms. The molecular formula is C18H26N2O. The van der Waals surface area contributed by atoms with Gasteiger partial charge in [-0.3, -0.25) is 10.1 Å². The Bertz CT molecular complexity index is 510. The van der Waals surface area contributed by atoms with E-state index in [-0.39, 0.29) is 12.2 Å². The van der Waals surface area contributed by atoms with Gasteiger partial charge in [0, 0.05) is 6.54 Å². The molecule has 3 rings (SSSR count). The van der Waals surface area contributed by atoms with E-state index in [0.717, 1.165) is 19.4 Å². The summed E-state index contributed by atoms with van der Waals surface area (Å²) in [4.78, 5) is 14.8. The summed E-state index contributed by atoms with van der Waals surface area (Å²) in [5.74, 6) is 1.01. The van der Waals surface area contributed by atoms with Gasteiger partial charge in [-0.1, -0.05) is 44.0 Å². The lowest BCUT2D eigenvalue weighted by atomic mass is 9.85. The summed E-state index contributed by atoms with van der Waals surface area (Å²) in [7, 11) is 0. The summed E-state index contributed by atoms with van der Waals surface area (Å²) in [6.45, 7) is 5.20. The molecule has 1 N–H and O–H groups in total. The third-order valence-electron chi connectivity index (χ3n) is 4.99. The van der Waals surface area contributed by atoms with Crippen LogP contribution in [0.3, 0.4) is 0 Å². The monoisotopic (exact) mass is 286 g/mol. The van der Waals surface area contributed by atoms with Crippen molar-refractivity contribution in [2.24, 2.45) is 5.92 Å². The van der Waals surface area contributed by atoms with Gasteiger partial charge in [0.2, 0.25) is 5.91 Å². The van der Waals surface area contributed by atoms with Gasteiger partial charge in [-0.2, -0.15) is 0 Å². The molecule has 114 valence electrons. The first kappa shape index (κ1) is 14.6. The second-order valence-electron chi connectivity index (χ2n) is 6.55. The van der Waals surface area contributed by atoms with E-state index < -0.39 is 0 Å². The quantitative estimate of drug-likeness (QED) is 0.900. The zero-order valence-electron chi connectivity index (χ0n) is 13.1. The summed E-state index contributed by atoms with van der Waals surface area (Å²) in [6, 6.07) is 8.43. The van der Waals surface area contributed by atoms with Crippen LogP contribution in [0.2, 0.25) is 0 Å². The van der Waals surface area contributed by atoms with Gasteiger partial charge >= 0.3 is 0 Å². The molecule has 0 aromatic heterocycles. The molecule has 2 aliphatic rings. The van der Waals surface area contributed by atoms with E-state index in [2.05, 4.69) is 48.3 Å². The second kappa shape index (κ2) is 6.18. The van der Waals surface area contributed by atoms with Gasteiger partial charge in [-0.25, -0.2) is 0 Å². The van der Waals surface area contributed by atoms with E-state index in [1.165, 1.54) is 30.4 Å². The molecule has 1 saturated carbocycles. The minimum Gasteiger partial charge on any atom is -0.321 e. The van der Waals surface area contributed by atoms with Crippen molar-refractivity contribution in [3.63, 3.8) is 0 Å². The van der Waals surface area contributed by atoms with Crippen LogP contribution in [0.25, 0.3) is 0 Å². The van der Waals surface area contributed by atoms with Crippen molar-refractivity contribution in [2.45, 2.75) is 58.2 Å². The van der Waals surface area contributed by atoms with Crippen LogP contribution in [0.1, 0.15) is 56.3 Å². The Morgan fingerprint density at radius 3 is 2.67 bits per heavy atom. The topological polar surface area (TPSA) is 32.3 Å². The fourth-order valence-corrected chi connectivity index (χ4v) is 3.47. The molecule has 1 aliphatic carbocycles. The first-order valence-electron chi connectivity index (χ1n) is 8.32. The number of rotatable bonds is 5. The average molecular weight is 286 g/mol. The van der Waals surface area contributed by atoms with Gasteiger partial charge in [0.1, 0.15) is 6.17 Å². The molecule has 21 heavy (non-hydrogen) atoms. The number of hydrogen-bond donors (Lipinski definition) is 1. The van der Waals surface area contributed by atoms with E-state index in [9.17, 15) is 4.79 Å². The molecule has 2 unspecified atom stereocenters. The lowest BCUT2D eigenvalue weighted by Crippen LogP contribution is -2.37. The van der Waals surface area contributed by atoms with Crippen LogP contribution in [-0.2, 0) is 4.79 Å². The predicted octanol–water partition coefficient (Wildman–Crippen LogP) is 3.39. The molecule has 1 aliphatic heterocycles. The lowest BCUT2D eigenvalue weighted by Gasteiger charge is -2.33. The maximum absolute atomic E-state index is 12.7. The smallest absolute Gasteiger partial charge is 0.241 e. The molecular weight excluding hydrogens is 260 g/mol. The third-order valence-corrected chi connectivity index (χ3v) is 4.99. The Morgan fingerprint density at radius 2 is 2.05 bits per heavy atom. The van der Waals surface area contributed by atoms with Crippen molar-refractivity contribution in [2.75, 3.05) is 6.54 Å². The highest BCUT2D eigenvalue weighted by molar-refractivity contribution is 5.84. The summed E-state index contributed by atoms with van der Waals surface area (Å²) in [5, 5.41) is 3.58. The number of nitrogens with zero attached hydrogens (tertiary/aromatic N) is 1. The molecule has 2 fully saturated rings. The highest BCUT2D eigenvalue weighted by Crippen LogP contribution is 2.34. The molecule has 0 bridgehead atoms. The Labute approximate surface area is 127 Å². The van der Waals surface area contributed by atoms with Crippen LogP contribution in [0.4, 0.5) is 0 Å². The van der Waals surface area contributed by atoms with Crippen molar-refractivity contribution in [1.82, 2.24) is 10.2 Å². The Hall–Kier alpha value is -1.35.